The van der Waals surface area contributed by atoms with Gasteiger partial charge < -0.3 is 0 Å². The Kier molecular flexibility index (Phi) is 5.79. The summed E-state index contributed by atoms with van der Waals surface area (Å²) in [6.45, 7) is 6.85. The maximum absolute atomic E-state index is 11.1. The molecule has 0 aromatic heterocycles. The predicted octanol–water partition coefficient (Wildman–Crippen LogP) is 1.13. The summed E-state index contributed by atoms with van der Waals surface area (Å²) in [6, 6.07) is 0. The monoisotopic (exact) mass is 302 g/mol. The molecule has 0 aliphatic rings. The summed E-state index contributed by atoms with van der Waals surface area (Å²) in [5.41, 5.74) is -0.535. The lowest BCUT2D eigenvalue weighted by Crippen LogP contribution is -2.35. The molecule has 0 aromatic carbocycles. The maximum Gasteiger partial charge on any atom is 0.264 e. The first-order valence-corrected chi connectivity index (χ1v) is 9.13. The van der Waals surface area contributed by atoms with Gasteiger partial charge in [-0.1, -0.05) is 13.8 Å². The maximum atomic E-state index is 11.1. The SMILES string of the molecule is CC(CC(C)(C)C(C)OS(C)(=O)=O)OS(C)(=O)=O. The van der Waals surface area contributed by atoms with E-state index in [0.29, 0.717) is 6.42 Å². The second kappa shape index (κ2) is 5.85. The van der Waals surface area contributed by atoms with E-state index >= 15 is 0 Å². The number of rotatable bonds is 7. The molecule has 0 heterocycles. The molecule has 0 amide bonds. The molecule has 0 spiro atoms. The molecule has 0 aliphatic heterocycles. The van der Waals surface area contributed by atoms with Crippen LogP contribution in [0.2, 0.25) is 0 Å². The summed E-state index contributed by atoms with van der Waals surface area (Å²) in [7, 11) is -7.05. The van der Waals surface area contributed by atoms with Crippen LogP contribution in [0.25, 0.3) is 0 Å². The van der Waals surface area contributed by atoms with Gasteiger partial charge in [-0.05, 0) is 25.7 Å². The largest absolute Gasteiger partial charge is 0.267 e. The molecule has 0 fully saturated rings. The van der Waals surface area contributed by atoms with Crippen LogP contribution in [-0.4, -0.2) is 41.6 Å². The van der Waals surface area contributed by atoms with Gasteiger partial charge in [0.15, 0.2) is 0 Å². The van der Waals surface area contributed by atoms with Gasteiger partial charge in [-0.2, -0.15) is 16.8 Å². The Morgan fingerprint density at radius 2 is 1.33 bits per heavy atom. The zero-order valence-corrected chi connectivity index (χ0v) is 13.3. The molecule has 18 heavy (non-hydrogen) atoms. The van der Waals surface area contributed by atoms with Crippen LogP contribution in [0.3, 0.4) is 0 Å². The van der Waals surface area contributed by atoms with Crippen molar-refractivity contribution >= 4 is 20.2 Å². The average Bonchev–Trinajstić information content (AvgIpc) is 1.94. The topological polar surface area (TPSA) is 86.7 Å². The molecule has 0 N–H and O–H groups in total. The van der Waals surface area contributed by atoms with Crippen LogP contribution >= 0.6 is 0 Å². The third-order valence-electron chi connectivity index (χ3n) is 2.57. The summed E-state index contributed by atoms with van der Waals surface area (Å²) < 4.78 is 53.8. The van der Waals surface area contributed by atoms with Gasteiger partial charge in [0.2, 0.25) is 0 Å². The minimum absolute atomic E-state index is 0.358. The van der Waals surface area contributed by atoms with E-state index in [-0.39, 0.29) is 0 Å². The molecular formula is C10H22O6S2. The fourth-order valence-electron chi connectivity index (χ4n) is 1.63. The Labute approximate surface area is 110 Å². The lowest BCUT2D eigenvalue weighted by molar-refractivity contribution is 0.0543. The highest BCUT2D eigenvalue weighted by Gasteiger charge is 2.32. The van der Waals surface area contributed by atoms with Crippen LogP contribution in [0.5, 0.6) is 0 Å². The van der Waals surface area contributed by atoms with Gasteiger partial charge in [0.1, 0.15) is 0 Å². The van der Waals surface area contributed by atoms with E-state index in [9.17, 15) is 16.8 Å². The van der Waals surface area contributed by atoms with Crippen LogP contribution in [0, 0.1) is 5.41 Å². The van der Waals surface area contributed by atoms with Gasteiger partial charge >= 0.3 is 0 Å². The van der Waals surface area contributed by atoms with Gasteiger partial charge in [-0.3, -0.25) is 8.37 Å². The molecule has 0 saturated heterocycles. The molecule has 0 rings (SSSR count). The van der Waals surface area contributed by atoms with Crippen molar-refractivity contribution in [2.24, 2.45) is 5.41 Å². The molecule has 0 radical (unpaired) electrons. The van der Waals surface area contributed by atoms with E-state index in [4.69, 9.17) is 8.37 Å². The van der Waals surface area contributed by atoms with Crippen LogP contribution in [0.4, 0.5) is 0 Å². The Hall–Kier alpha value is -0.180. The first-order chi connectivity index (χ1) is 7.73. The quantitative estimate of drug-likeness (QED) is 0.655. The smallest absolute Gasteiger partial charge is 0.264 e. The molecule has 6 nitrogen and oxygen atoms in total. The Morgan fingerprint density at radius 1 is 0.944 bits per heavy atom. The Bertz CT molecular complexity index is 463. The molecule has 2 unspecified atom stereocenters. The normalized spacial score (nSPS) is 17.4. The highest BCUT2D eigenvalue weighted by atomic mass is 32.2. The summed E-state index contributed by atoms with van der Waals surface area (Å²) in [4.78, 5) is 0. The van der Waals surface area contributed by atoms with Crippen LogP contribution < -0.4 is 0 Å². The summed E-state index contributed by atoms with van der Waals surface area (Å²) in [5.74, 6) is 0. The molecule has 0 aromatic rings. The van der Waals surface area contributed by atoms with Gasteiger partial charge in [-0.25, -0.2) is 0 Å². The zero-order valence-electron chi connectivity index (χ0n) is 11.6. The minimum atomic E-state index is -3.54. The first kappa shape index (κ1) is 17.8. The highest BCUT2D eigenvalue weighted by molar-refractivity contribution is 7.86. The van der Waals surface area contributed by atoms with Crippen LogP contribution in [0.15, 0.2) is 0 Å². The van der Waals surface area contributed by atoms with Crippen LogP contribution in [0.1, 0.15) is 34.1 Å². The molecule has 0 aliphatic carbocycles. The Balaban J connectivity index is 4.65. The van der Waals surface area contributed by atoms with Crippen molar-refractivity contribution < 1.29 is 25.2 Å². The van der Waals surface area contributed by atoms with Gasteiger partial charge in [0, 0.05) is 0 Å². The predicted molar refractivity (Wildman–Crippen MR) is 69.2 cm³/mol. The van der Waals surface area contributed by atoms with Crippen molar-refractivity contribution in [1.29, 1.82) is 0 Å². The second-order valence-electron chi connectivity index (χ2n) is 5.25. The van der Waals surface area contributed by atoms with Crippen LogP contribution in [-0.2, 0) is 28.6 Å². The first-order valence-electron chi connectivity index (χ1n) is 5.49. The van der Waals surface area contributed by atoms with E-state index in [2.05, 4.69) is 0 Å². The third-order valence-corrected chi connectivity index (χ3v) is 3.89. The summed E-state index contributed by atoms with van der Waals surface area (Å²) in [6.07, 6.45) is 1.21. The molecule has 0 saturated carbocycles. The molecule has 0 bridgehead atoms. The highest BCUT2D eigenvalue weighted by Crippen LogP contribution is 2.31. The average molecular weight is 302 g/mol. The standard InChI is InChI=1S/C10H22O6S2/c1-8(15-17(5,11)12)7-10(3,4)9(2)16-18(6,13)14/h8-9H,7H2,1-6H3. The minimum Gasteiger partial charge on any atom is -0.267 e. The molecular weight excluding hydrogens is 280 g/mol. The van der Waals surface area contributed by atoms with E-state index in [1.165, 1.54) is 0 Å². The van der Waals surface area contributed by atoms with E-state index in [1.807, 2.05) is 0 Å². The lowest BCUT2D eigenvalue weighted by Gasteiger charge is -2.32. The van der Waals surface area contributed by atoms with Crippen molar-refractivity contribution in [2.45, 2.75) is 46.3 Å². The van der Waals surface area contributed by atoms with Gasteiger partial charge in [0.05, 0.1) is 24.7 Å². The summed E-state index contributed by atoms with van der Waals surface area (Å²) >= 11 is 0. The van der Waals surface area contributed by atoms with Crippen molar-refractivity contribution in [3.8, 4) is 0 Å². The van der Waals surface area contributed by atoms with Crippen molar-refractivity contribution in [3.63, 3.8) is 0 Å². The van der Waals surface area contributed by atoms with E-state index < -0.39 is 37.9 Å². The molecule has 110 valence electrons. The third kappa shape index (κ3) is 8.02. The van der Waals surface area contributed by atoms with Gasteiger partial charge in [0.25, 0.3) is 20.2 Å². The van der Waals surface area contributed by atoms with E-state index in [0.717, 1.165) is 12.5 Å². The number of hydrogen-bond acceptors (Lipinski definition) is 6. The van der Waals surface area contributed by atoms with E-state index in [1.54, 1.807) is 27.7 Å². The zero-order chi connectivity index (χ0) is 14.8. The van der Waals surface area contributed by atoms with Crippen molar-refractivity contribution in [2.75, 3.05) is 12.5 Å². The fraction of sp³-hybridized carbons (Fsp3) is 1.00. The number of hydrogen-bond donors (Lipinski definition) is 0. The fourth-order valence-corrected chi connectivity index (χ4v) is 3.08. The summed E-state index contributed by atoms with van der Waals surface area (Å²) in [5, 5.41) is 0. The van der Waals surface area contributed by atoms with Crippen molar-refractivity contribution in [3.05, 3.63) is 0 Å². The van der Waals surface area contributed by atoms with Crippen molar-refractivity contribution in [1.82, 2.24) is 0 Å². The second-order valence-corrected chi connectivity index (χ2v) is 8.45. The molecule has 8 heteroatoms. The lowest BCUT2D eigenvalue weighted by atomic mass is 9.82. The Morgan fingerprint density at radius 3 is 1.67 bits per heavy atom. The van der Waals surface area contributed by atoms with Gasteiger partial charge in [-0.15, -0.1) is 0 Å². The molecule has 2 atom stereocenters.